The Bertz CT molecular complexity index is 1320. The lowest BCUT2D eigenvalue weighted by molar-refractivity contribution is 0.0951. The number of nitrogens with zero attached hydrogens (tertiary/aromatic N) is 4. The third-order valence-corrected chi connectivity index (χ3v) is 5.51. The number of carbonyl (C=O) groups is 1. The summed E-state index contributed by atoms with van der Waals surface area (Å²) in [5, 5.41) is 15.0. The molecular weight excluding hydrogens is 484 g/mol. The number of hydrogen-bond donors (Lipinski definition) is 2. The van der Waals surface area contributed by atoms with E-state index in [1.807, 2.05) is 24.3 Å². The first-order valence-electron chi connectivity index (χ1n) is 10.9. The van der Waals surface area contributed by atoms with Crippen molar-refractivity contribution in [2.75, 3.05) is 26.6 Å². The number of aromatic nitrogens is 4. The maximum Gasteiger partial charge on any atom is 0.255 e. The Morgan fingerprint density at radius 2 is 1.75 bits per heavy atom. The van der Waals surface area contributed by atoms with E-state index >= 15 is 0 Å². The summed E-state index contributed by atoms with van der Waals surface area (Å²) in [5.41, 5.74) is 2.64. The van der Waals surface area contributed by atoms with Gasteiger partial charge in [-0.05, 0) is 29.8 Å². The van der Waals surface area contributed by atoms with Crippen LogP contribution in [0.4, 0.5) is 11.5 Å². The Labute approximate surface area is 213 Å². The third-order valence-electron chi connectivity index (χ3n) is 5.25. The molecule has 2 aromatic carbocycles. The second-order valence-electron chi connectivity index (χ2n) is 7.66. The zero-order valence-corrected chi connectivity index (χ0v) is 20.7. The van der Waals surface area contributed by atoms with Crippen molar-refractivity contribution < 1.29 is 19.0 Å². The number of hydrogen-bond acceptors (Lipinski definition) is 8. The number of carbonyl (C=O) groups excluding carboxylic acids is 1. The molecule has 2 N–H and O–H groups in total. The Hall–Kier alpha value is -4.31. The first kappa shape index (κ1) is 24.8. The maximum absolute atomic E-state index is 13.0. The topological polar surface area (TPSA) is 112 Å². The van der Waals surface area contributed by atoms with Crippen LogP contribution in [0.2, 0.25) is 5.02 Å². The highest BCUT2D eigenvalue weighted by atomic mass is 35.5. The van der Waals surface area contributed by atoms with E-state index < -0.39 is 0 Å². The van der Waals surface area contributed by atoms with Crippen molar-refractivity contribution in [2.45, 2.75) is 13.1 Å². The molecule has 0 aliphatic carbocycles. The molecule has 0 aliphatic rings. The van der Waals surface area contributed by atoms with Gasteiger partial charge in [0, 0.05) is 29.0 Å². The lowest BCUT2D eigenvalue weighted by atomic mass is 10.2. The molecule has 0 radical (unpaired) electrons. The number of rotatable bonds is 10. The standard InChI is InChI=1S/C25H25ClN6O4/c1-34-21-11-18(12-22(35-2)23(21)36-3)29-24-20(5-4-10-27-24)25(33)28-13-19-15-32(31-30-19)14-16-6-8-17(26)9-7-16/h4-12,15H,13-14H2,1-3H3,(H,27,29)(H,28,33). The predicted octanol–water partition coefficient (Wildman–Crippen LogP) is 4.07. The summed E-state index contributed by atoms with van der Waals surface area (Å²) < 4.78 is 17.9. The molecule has 11 heteroatoms. The van der Waals surface area contributed by atoms with Gasteiger partial charge in [0.2, 0.25) is 5.75 Å². The fraction of sp³-hybridized carbons (Fsp3) is 0.200. The Morgan fingerprint density at radius 1 is 1.03 bits per heavy atom. The van der Waals surface area contributed by atoms with E-state index in [-0.39, 0.29) is 12.5 Å². The number of amides is 1. The first-order chi connectivity index (χ1) is 17.5. The summed E-state index contributed by atoms with van der Waals surface area (Å²) in [6, 6.07) is 14.3. The van der Waals surface area contributed by atoms with Gasteiger partial charge in [-0.3, -0.25) is 4.79 Å². The second kappa shape index (κ2) is 11.4. The molecule has 4 rings (SSSR count). The Kier molecular flexibility index (Phi) is 7.86. The van der Waals surface area contributed by atoms with Crippen LogP contribution in [0.5, 0.6) is 17.2 Å². The minimum absolute atomic E-state index is 0.206. The highest BCUT2D eigenvalue weighted by molar-refractivity contribution is 6.30. The fourth-order valence-electron chi connectivity index (χ4n) is 3.52. The van der Waals surface area contributed by atoms with Crippen molar-refractivity contribution in [3.8, 4) is 17.2 Å². The summed E-state index contributed by atoms with van der Waals surface area (Å²) in [6.45, 7) is 0.752. The number of pyridine rings is 1. The number of benzene rings is 2. The van der Waals surface area contributed by atoms with Crippen molar-refractivity contribution in [3.05, 3.63) is 82.8 Å². The van der Waals surface area contributed by atoms with Gasteiger partial charge in [0.1, 0.15) is 11.5 Å². The zero-order valence-electron chi connectivity index (χ0n) is 20.0. The lowest BCUT2D eigenvalue weighted by Gasteiger charge is -2.16. The van der Waals surface area contributed by atoms with Crippen LogP contribution in [-0.4, -0.2) is 47.2 Å². The van der Waals surface area contributed by atoms with Crippen LogP contribution >= 0.6 is 11.6 Å². The van der Waals surface area contributed by atoms with Gasteiger partial charge in [0.25, 0.3) is 5.91 Å². The van der Waals surface area contributed by atoms with E-state index in [4.69, 9.17) is 25.8 Å². The average Bonchev–Trinajstić information content (AvgIpc) is 3.35. The molecule has 10 nitrogen and oxygen atoms in total. The molecule has 186 valence electrons. The largest absolute Gasteiger partial charge is 0.493 e. The van der Waals surface area contributed by atoms with E-state index in [2.05, 4.69) is 25.9 Å². The van der Waals surface area contributed by atoms with Crippen LogP contribution in [0.15, 0.2) is 60.9 Å². The van der Waals surface area contributed by atoms with Crippen LogP contribution in [0.25, 0.3) is 0 Å². The van der Waals surface area contributed by atoms with Crippen molar-refractivity contribution in [1.82, 2.24) is 25.3 Å². The molecule has 0 fully saturated rings. The Morgan fingerprint density at radius 3 is 2.42 bits per heavy atom. The van der Waals surface area contributed by atoms with Crippen molar-refractivity contribution in [2.24, 2.45) is 0 Å². The maximum atomic E-state index is 13.0. The van der Waals surface area contributed by atoms with Crippen LogP contribution in [0.3, 0.4) is 0 Å². The van der Waals surface area contributed by atoms with Crippen molar-refractivity contribution in [1.29, 1.82) is 0 Å². The smallest absolute Gasteiger partial charge is 0.255 e. The van der Waals surface area contributed by atoms with E-state index in [1.165, 1.54) is 21.3 Å². The molecule has 0 unspecified atom stereocenters. The summed E-state index contributed by atoms with van der Waals surface area (Å²) in [5.74, 6) is 1.47. The van der Waals surface area contributed by atoms with Gasteiger partial charge >= 0.3 is 0 Å². The fourth-order valence-corrected chi connectivity index (χ4v) is 3.64. The van der Waals surface area contributed by atoms with Crippen LogP contribution < -0.4 is 24.8 Å². The van der Waals surface area contributed by atoms with Gasteiger partial charge in [-0.1, -0.05) is 28.9 Å². The molecule has 4 aromatic rings. The lowest BCUT2D eigenvalue weighted by Crippen LogP contribution is -2.24. The van der Waals surface area contributed by atoms with Crippen LogP contribution in [-0.2, 0) is 13.1 Å². The summed E-state index contributed by atoms with van der Waals surface area (Å²) in [6.07, 6.45) is 3.38. The second-order valence-corrected chi connectivity index (χ2v) is 8.09. The molecule has 0 atom stereocenters. The molecule has 0 saturated carbocycles. The van der Waals surface area contributed by atoms with Gasteiger partial charge in [-0.2, -0.15) is 0 Å². The van der Waals surface area contributed by atoms with E-state index in [0.29, 0.717) is 51.6 Å². The monoisotopic (exact) mass is 508 g/mol. The molecule has 2 aromatic heterocycles. The average molecular weight is 509 g/mol. The van der Waals surface area contributed by atoms with Gasteiger partial charge in [-0.25, -0.2) is 9.67 Å². The van der Waals surface area contributed by atoms with E-state index in [0.717, 1.165) is 5.56 Å². The highest BCUT2D eigenvalue weighted by Crippen LogP contribution is 2.40. The quantitative estimate of drug-likeness (QED) is 0.329. The van der Waals surface area contributed by atoms with Crippen molar-refractivity contribution in [3.63, 3.8) is 0 Å². The number of halogens is 1. The number of nitrogens with one attached hydrogen (secondary N) is 2. The van der Waals surface area contributed by atoms with Crippen molar-refractivity contribution >= 4 is 29.0 Å². The van der Waals surface area contributed by atoms with E-state index in [9.17, 15) is 4.79 Å². The third kappa shape index (κ3) is 5.84. The highest BCUT2D eigenvalue weighted by Gasteiger charge is 2.17. The molecule has 0 spiro atoms. The predicted molar refractivity (Wildman–Crippen MR) is 135 cm³/mol. The molecule has 1 amide bonds. The van der Waals surface area contributed by atoms with Crippen LogP contribution in [0, 0.1) is 0 Å². The number of anilines is 2. The molecular formula is C25H25ClN6O4. The van der Waals surface area contributed by atoms with Gasteiger partial charge < -0.3 is 24.8 Å². The minimum Gasteiger partial charge on any atom is -0.493 e. The minimum atomic E-state index is -0.315. The zero-order chi connectivity index (χ0) is 25.5. The summed E-state index contributed by atoms with van der Waals surface area (Å²) in [4.78, 5) is 17.3. The number of methoxy groups -OCH3 is 3. The molecule has 0 aliphatic heterocycles. The normalized spacial score (nSPS) is 10.6. The first-order valence-corrected chi connectivity index (χ1v) is 11.3. The SMILES string of the molecule is COc1cc(Nc2ncccc2C(=O)NCc2cn(Cc3ccc(Cl)cc3)nn2)cc(OC)c1OC. The Balaban J connectivity index is 1.44. The molecule has 36 heavy (non-hydrogen) atoms. The van der Waals surface area contributed by atoms with E-state index in [1.54, 1.807) is 41.3 Å². The molecule has 0 bridgehead atoms. The molecule has 0 saturated heterocycles. The molecule has 2 heterocycles. The van der Waals surface area contributed by atoms with Crippen LogP contribution in [0.1, 0.15) is 21.6 Å². The summed E-state index contributed by atoms with van der Waals surface area (Å²) in [7, 11) is 4.60. The van der Waals surface area contributed by atoms with Gasteiger partial charge in [0.15, 0.2) is 11.5 Å². The summed E-state index contributed by atoms with van der Waals surface area (Å²) >= 11 is 5.94. The van der Waals surface area contributed by atoms with Gasteiger partial charge in [0.05, 0.1) is 46.2 Å². The number of ether oxygens (including phenoxy) is 3. The van der Waals surface area contributed by atoms with Gasteiger partial charge in [-0.15, -0.1) is 5.10 Å².